The second kappa shape index (κ2) is 6.63. The molecule has 4 rings (SSSR count). The Kier molecular flexibility index (Phi) is 4.26. The quantitative estimate of drug-likeness (QED) is 0.683. The van der Waals surface area contributed by atoms with E-state index in [2.05, 4.69) is 15.3 Å². The van der Waals surface area contributed by atoms with Crippen LogP contribution in [0.4, 0.5) is 13.2 Å². The summed E-state index contributed by atoms with van der Waals surface area (Å²) in [6.45, 7) is 1.85. The molecule has 3 aromatic rings. The minimum absolute atomic E-state index is 0.303. The summed E-state index contributed by atoms with van der Waals surface area (Å²) in [6, 6.07) is 10.7. The third-order valence-corrected chi connectivity index (χ3v) is 4.84. The van der Waals surface area contributed by atoms with Crippen molar-refractivity contribution < 1.29 is 13.2 Å². The Hall–Kier alpha value is -3.42. The van der Waals surface area contributed by atoms with Gasteiger partial charge in [-0.2, -0.15) is 4.39 Å². The van der Waals surface area contributed by atoms with Crippen molar-refractivity contribution in [1.82, 2.24) is 15.3 Å². The summed E-state index contributed by atoms with van der Waals surface area (Å²) in [5.41, 5.74) is -0.369. The Labute approximate surface area is 158 Å². The molecule has 0 fully saturated rings. The Balaban J connectivity index is 1.93. The molecule has 1 aliphatic rings. The highest BCUT2D eigenvalue weighted by Crippen LogP contribution is 2.40. The van der Waals surface area contributed by atoms with Gasteiger partial charge in [-0.3, -0.25) is 4.79 Å². The topological polar surface area (TPSA) is 70.1 Å². The maximum Gasteiger partial charge on any atom is 0.284 e. The van der Waals surface area contributed by atoms with E-state index in [0.29, 0.717) is 22.7 Å². The first-order valence-electron chi connectivity index (χ1n) is 8.54. The fourth-order valence-electron chi connectivity index (χ4n) is 3.45. The molecule has 142 valence electrons. The fourth-order valence-corrected chi connectivity index (χ4v) is 3.45. The van der Waals surface area contributed by atoms with E-state index in [4.69, 9.17) is 4.99 Å². The molecule has 28 heavy (non-hydrogen) atoms. The molecule has 0 amide bonds. The molecule has 0 aliphatic carbocycles. The molecule has 1 aliphatic heterocycles. The monoisotopic (exact) mass is 384 g/mol. The van der Waals surface area contributed by atoms with Crippen LogP contribution in [-0.4, -0.2) is 21.8 Å². The van der Waals surface area contributed by atoms with Crippen LogP contribution in [0.2, 0.25) is 0 Å². The maximum atomic E-state index is 13.5. The van der Waals surface area contributed by atoms with Gasteiger partial charge in [-0.05, 0) is 42.8 Å². The third-order valence-electron chi connectivity index (χ3n) is 4.84. The minimum atomic E-state index is -1.05. The van der Waals surface area contributed by atoms with Crippen molar-refractivity contribution in [3.63, 3.8) is 0 Å². The number of halogens is 3. The number of H-pyrrole nitrogens is 1. The average molecular weight is 384 g/mol. The summed E-state index contributed by atoms with van der Waals surface area (Å²) in [4.78, 5) is 22.6. The molecule has 5 nitrogen and oxygen atoms in total. The Bertz CT molecular complexity index is 1060. The number of benzene rings is 1. The van der Waals surface area contributed by atoms with Crippen molar-refractivity contribution in [3.8, 4) is 0 Å². The van der Waals surface area contributed by atoms with Crippen molar-refractivity contribution >= 4 is 5.84 Å². The first-order valence-corrected chi connectivity index (χ1v) is 8.54. The van der Waals surface area contributed by atoms with Gasteiger partial charge in [-0.1, -0.05) is 18.2 Å². The van der Waals surface area contributed by atoms with Crippen molar-refractivity contribution in [2.75, 3.05) is 0 Å². The highest BCUT2D eigenvalue weighted by atomic mass is 19.1. The first kappa shape index (κ1) is 18.0. The lowest BCUT2D eigenvalue weighted by Crippen LogP contribution is -2.41. The molecule has 2 N–H and O–H groups in total. The van der Waals surface area contributed by atoms with Crippen molar-refractivity contribution in [2.24, 2.45) is 4.99 Å². The first-order chi connectivity index (χ1) is 13.4. The molecule has 0 unspecified atom stereocenters. The van der Waals surface area contributed by atoms with Gasteiger partial charge in [0.05, 0.1) is 11.7 Å². The van der Waals surface area contributed by atoms with Crippen molar-refractivity contribution in [1.29, 1.82) is 0 Å². The van der Waals surface area contributed by atoms with Gasteiger partial charge in [0.1, 0.15) is 17.2 Å². The highest BCUT2D eigenvalue weighted by molar-refractivity contribution is 5.99. The minimum Gasteiger partial charge on any atom is -0.363 e. The third kappa shape index (κ3) is 2.87. The lowest BCUT2D eigenvalue weighted by Gasteiger charge is -2.31. The van der Waals surface area contributed by atoms with Gasteiger partial charge in [-0.15, -0.1) is 0 Å². The van der Waals surface area contributed by atoms with Gasteiger partial charge in [0.15, 0.2) is 5.82 Å². The Morgan fingerprint density at radius 2 is 1.68 bits per heavy atom. The number of pyridine rings is 2. The molecule has 8 heteroatoms. The largest absolute Gasteiger partial charge is 0.363 e. The molecule has 0 bridgehead atoms. The Morgan fingerprint density at radius 3 is 2.32 bits per heavy atom. The zero-order chi connectivity index (χ0) is 19.9. The average Bonchev–Trinajstić information content (AvgIpc) is 3.03. The Morgan fingerprint density at radius 1 is 0.964 bits per heavy atom. The number of aromatic amines is 1. The fraction of sp³-hybridized carbons (Fsp3) is 0.150. The zero-order valence-corrected chi connectivity index (χ0v) is 14.7. The van der Waals surface area contributed by atoms with Gasteiger partial charge in [0, 0.05) is 11.8 Å². The van der Waals surface area contributed by atoms with Crippen LogP contribution in [0.1, 0.15) is 23.7 Å². The molecule has 0 saturated carbocycles. The van der Waals surface area contributed by atoms with Crippen LogP contribution in [0.25, 0.3) is 0 Å². The van der Waals surface area contributed by atoms with E-state index in [9.17, 15) is 18.0 Å². The van der Waals surface area contributed by atoms with Gasteiger partial charge in [0.25, 0.3) is 5.56 Å². The van der Waals surface area contributed by atoms with Crippen LogP contribution in [0.15, 0.2) is 64.5 Å². The SMILES string of the molecule is C[C@@H]1NC(c2ccc(F)c(=O)[nH]2)=N[C@@]1(c1ccc(F)cc1)c1ccc(F)nc1. The second-order valence-electron chi connectivity index (χ2n) is 6.52. The van der Waals surface area contributed by atoms with Crippen LogP contribution >= 0.6 is 0 Å². The molecule has 2 atom stereocenters. The van der Waals surface area contributed by atoms with Gasteiger partial charge < -0.3 is 10.3 Å². The summed E-state index contributed by atoms with van der Waals surface area (Å²) in [7, 11) is 0. The van der Waals surface area contributed by atoms with E-state index in [0.717, 1.165) is 6.07 Å². The number of aromatic nitrogens is 2. The standard InChI is InChI=1S/C20H15F3N4O/c1-11-20(12-2-5-14(21)6-3-12,13-4-9-17(23)24-10-13)27-18(25-11)16-8-7-15(22)19(28)26-16/h2-11H,1H3,(H,25,27)(H,26,28)/t11-,20-/m0/s1. The predicted octanol–water partition coefficient (Wildman–Crippen LogP) is 2.87. The maximum absolute atomic E-state index is 13.5. The lowest BCUT2D eigenvalue weighted by molar-refractivity contribution is 0.449. The number of amidine groups is 1. The van der Waals surface area contributed by atoms with E-state index >= 15 is 0 Å². The summed E-state index contributed by atoms with van der Waals surface area (Å²) < 4.78 is 40.2. The zero-order valence-electron chi connectivity index (χ0n) is 14.7. The van der Waals surface area contributed by atoms with Gasteiger partial charge in [0.2, 0.25) is 5.95 Å². The normalized spacial score (nSPS) is 21.3. The number of nitrogens with one attached hydrogen (secondary N) is 2. The van der Waals surface area contributed by atoms with E-state index < -0.39 is 28.7 Å². The summed E-state index contributed by atoms with van der Waals surface area (Å²) in [5, 5.41) is 3.18. The van der Waals surface area contributed by atoms with Gasteiger partial charge >= 0.3 is 0 Å². The molecule has 0 saturated heterocycles. The number of aliphatic imine (C=N–C) groups is 1. The summed E-state index contributed by atoms with van der Waals surface area (Å²) in [6.07, 6.45) is 1.37. The second-order valence-corrected chi connectivity index (χ2v) is 6.52. The molecule has 1 aromatic carbocycles. The van der Waals surface area contributed by atoms with Crippen LogP contribution in [0, 0.1) is 17.6 Å². The van der Waals surface area contributed by atoms with E-state index in [1.54, 1.807) is 18.2 Å². The molecule has 2 aromatic heterocycles. The smallest absolute Gasteiger partial charge is 0.284 e. The van der Waals surface area contributed by atoms with Crippen LogP contribution in [-0.2, 0) is 5.54 Å². The van der Waals surface area contributed by atoms with Crippen LogP contribution in [0.3, 0.4) is 0 Å². The van der Waals surface area contributed by atoms with Crippen LogP contribution in [0.5, 0.6) is 0 Å². The molecule has 0 spiro atoms. The highest BCUT2D eigenvalue weighted by Gasteiger charge is 2.45. The van der Waals surface area contributed by atoms with Crippen molar-refractivity contribution in [3.05, 3.63) is 99.5 Å². The molecule has 3 heterocycles. The number of rotatable bonds is 3. The molecular formula is C20H15F3N4O. The van der Waals surface area contributed by atoms with Crippen LogP contribution < -0.4 is 10.9 Å². The number of hydrogen-bond donors (Lipinski definition) is 2. The summed E-state index contributed by atoms with van der Waals surface area (Å²) >= 11 is 0. The molecule has 0 radical (unpaired) electrons. The lowest BCUT2D eigenvalue weighted by atomic mass is 9.79. The molecular weight excluding hydrogens is 369 g/mol. The number of nitrogens with zero attached hydrogens (tertiary/aromatic N) is 2. The van der Waals surface area contributed by atoms with Crippen molar-refractivity contribution in [2.45, 2.75) is 18.5 Å². The van der Waals surface area contributed by atoms with E-state index in [-0.39, 0.29) is 6.04 Å². The summed E-state index contributed by atoms with van der Waals surface area (Å²) in [5.74, 6) is -1.60. The van der Waals surface area contributed by atoms with E-state index in [1.165, 1.54) is 30.5 Å². The van der Waals surface area contributed by atoms with Gasteiger partial charge in [-0.25, -0.2) is 18.8 Å². The number of hydrogen-bond acceptors (Lipinski definition) is 4. The van der Waals surface area contributed by atoms with E-state index in [1.807, 2.05) is 6.92 Å². The predicted molar refractivity (Wildman–Crippen MR) is 97.5 cm³/mol.